The van der Waals surface area contributed by atoms with Gasteiger partial charge < -0.3 is 5.32 Å². The minimum atomic E-state index is -3.41. The third kappa shape index (κ3) is 4.05. The van der Waals surface area contributed by atoms with Gasteiger partial charge in [0.25, 0.3) is 10.0 Å². The van der Waals surface area contributed by atoms with Crippen LogP contribution in [-0.2, 0) is 21.4 Å². The fraction of sp³-hybridized carbons (Fsp3) is 0.643. The molecular formula is C14H22N2O3S2. The summed E-state index contributed by atoms with van der Waals surface area (Å²) in [6.07, 6.45) is 1.07. The number of rotatable bonds is 4. The third-order valence-electron chi connectivity index (χ3n) is 3.58. The first-order chi connectivity index (χ1) is 9.79. The van der Waals surface area contributed by atoms with Crippen molar-refractivity contribution in [2.45, 2.75) is 37.9 Å². The number of carbonyl (C=O) groups is 1. The van der Waals surface area contributed by atoms with Gasteiger partial charge in [-0.1, -0.05) is 13.8 Å². The Morgan fingerprint density at radius 1 is 1.33 bits per heavy atom. The largest absolute Gasteiger partial charge is 0.351 e. The number of hydrogen-bond donors (Lipinski definition) is 1. The Morgan fingerprint density at radius 3 is 2.52 bits per heavy atom. The van der Waals surface area contributed by atoms with Crippen LogP contribution in [0.5, 0.6) is 0 Å². The normalized spacial score (nSPS) is 24.0. The van der Waals surface area contributed by atoms with E-state index in [-0.39, 0.29) is 5.91 Å². The lowest BCUT2D eigenvalue weighted by Crippen LogP contribution is -2.42. The van der Waals surface area contributed by atoms with E-state index < -0.39 is 10.0 Å². The van der Waals surface area contributed by atoms with E-state index in [1.807, 2.05) is 0 Å². The van der Waals surface area contributed by atoms with Gasteiger partial charge in [-0.2, -0.15) is 4.31 Å². The van der Waals surface area contributed by atoms with Crippen LogP contribution in [0.15, 0.2) is 16.3 Å². The first-order valence-electron chi connectivity index (χ1n) is 7.12. The molecule has 1 aliphatic rings. The molecule has 1 aromatic heterocycles. The molecule has 1 amide bonds. The number of sulfonamides is 1. The van der Waals surface area contributed by atoms with Gasteiger partial charge in [0.05, 0.1) is 6.54 Å². The first-order valence-corrected chi connectivity index (χ1v) is 9.38. The molecule has 1 N–H and O–H groups in total. The summed E-state index contributed by atoms with van der Waals surface area (Å²) in [6.45, 7) is 7.19. The van der Waals surface area contributed by atoms with E-state index in [1.165, 1.54) is 18.3 Å². The number of amides is 1. The summed E-state index contributed by atoms with van der Waals surface area (Å²) in [5.41, 5.74) is 0. The van der Waals surface area contributed by atoms with E-state index in [4.69, 9.17) is 0 Å². The smallest absolute Gasteiger partial charge is 0.252 e. The summed E-state index contributed by atoms with van der Waals surface area (Å²) < 4.78 is 27.3. The lowest BCUT2D eigenvalue weighted by atomic mass is 9.94. The van der Waals surface area contributed by atoms with Gasteiger partial charge >= 0.3 is 0 Å². The van der Waals surface area contributed by atoms with Gasteiger partial charge in [0.1, 0.15) is 4.21 Å². The molecule has 1 fully saturated rings. The maximum absolute atomic E-state index is 12.7. The van der Waals surface area contributed by atoms with Crippen molar-refractivity contribution in [3.05, 3.63) is 17.0 Å². The number of piperidine rings is 1. The van der Waals surface area contributed by atoms with Crippen LogP contribution in [0.4, 0.5) is 0 Å². The fourth-order valence-corrected chi connectivity index (χ4v) is 5.86. The zero-order valence-corrected chi connectivity index (χ0v) is 14.3. The summed E-state index contributed by atoms with van der Waals surface area (Å²) in [5, 5.41) is 2.68. The van der Waals surface area contributed by atoms with Gasteiger partial charge in [-0.15, -0.1) is 11.3 Å². The van der Waals surface area contributed by atoms with Gasteiger partial charge in [-0.3, -0.25) is 4.79 Å². The minimum Gasteiger partial charge on any atom is -0.351 e. The highest BCUT2D eigenvalue weighted by Gasteiger charge is 2.32. The zero-order chi connectivity index (χ0) is 15.6. The maximum Gasteiger partial charge on any atom is 0.252 e. The highest BCUT2D eigenvalue weighted by atomic mass is 32.2. The zero-order valence-electron chi connectivity index (χ0n) is 12.6. The quantitative estimate of drug-likeness (QED) is 0.919. The van der Waals surface area contributed by atoms with E-state index >= 15 is 0 Å². The molecule has 0 aliphatic carbocycles. The highest BCUT2D eigenvalue weighted by molar-refractivity contribution is 7.91. The number of nitrogens with zero attached hydrogens (tertiary/aromatic N) is 1. The van der Waals surface area contributed by atoms with Crippen molar-refractivity contribution in [2.75, 3.05) is 13.1 Å². The molecule has 2 rings (SSSR count). The Kier molecular flexibility index (Phi) is 5.06. The number of carbonyl (C=O) groups excluding carboxylic acids is 1. The van der Waals surface area contributed by atoms with Crippen LogP contribution in [0.25, 0.3) is 0 Å². The molecule has 2 heterocycles. The van der Waals surface area contributed by atoms with Crippen molar-refractivity contribution in [1.82, 2.24) is 9.62 Å². The topological polar surface area (TPSA) is 66.5 Å². The second-order valence-electron chi connectivity index (χ2n) is 5.90. The summed E-state index contributed by atoms with van der Waals surface area (Å²) in [5.74, 6) is 0.663. The molecule has 1 saturated heterocycles. The second kappa shape index (κ2) is 6.46. The average Bonchev–Trinajstić information content (AvgIpc) is 2.84. The molecule has 1 aliphatic heterocycles. The number of hydrogen-bond acceptors (Lipinski definition) is 4. The molecular weight excluding hydrogens is 308 g/mol. The standard InChI is InChI=1S/C14H22N2O3S2/c1-10-6-11(2)9-16(8-10)21(18,19)14-5-4-13(20-14)7-15-12(3)17/h4-5,10-11H,6-9H2,1-3H3,(H,15,17)/t10-,11-/m0/s1. The molecule has 2 atom stereocenters. The number of thiophene rings is 1. The molecule has 0 spiro atoms. The Labute approximate surface area is 130 Å². The molecule has 1 aromatic rings. The molecule has 0 saturated carbocycles. The first kappa shape index (κ1) is 16.5. The summed E-state index contributed by atoms with van der Waals surface area (Å²) in [7, 11) is -3.41. The fourth-order valence-electron chi connectivity index (χ4n) is 2.73. The highest BCUT2D eigenvalue weighted by Crippen LogP contribution is 2.30. The van der Waals surface area contributed by atoms with Crippen molar-refractivity contribution in [2.24, 2.45) is 11.8 Å². The molecule has 0 bridgehead atoms. The van der Waals surface area contributed by atoms with Gasteiger partial charge in [0, 0.05) is 24.9 Å². The SMILES string of the molecule is CC(=O)NCc1ccc(S(=O)(=O)N2C[C@@H](C)C[C@H](C)C2)s1. The van der Waals surface area contributed by atoms with E-state index in [9.17, 15) is 13.2 Å². The van der Waals surface area contributed by atoms with Crippen molar-refractivity contribution in [1.29, 1.82) is 0 Å². The van der Waals surface area contributed by atoms with E-state index in [2.05, 4.69) is 19.2 Å². The van der Waals surface area contributed by atoms with Crippen LogP contribution < -0.4 is 5.32 Å². The van der Waals surface area contributed by atoms with E-state index in [0.29, 0.717) is 35.7 Å². The molecule has 5 nitrogen and oxygen atoms in total. The third-order valence-corrected chi connectivity index (χ3v) is 6.96. The Hall–Kier alpha value is -0.920. The summed E-state index contributed by atoms with van der Waals surface area (Å²) in [6, 6.07) is 3.41. The molecule has 21 heavy (non-hydrogen) atoms. The predicted molar refractivity (Wildman–Crippen MR) is 83.5 cm³/mol. The average molecular weight is 330 g/mol. The van der Waals surface area contributed by atoms with Crippen molar-refractivity contribution < 1.29 is 13.2 Å². The van der Waals surface area contributed by atoms with Crippen molar-refractivity contribution in [3.63, 3.8) is 0 Å². The molecule has 0 aromatic carbocycles. The monoisotopic (exact) mass is 330 g/mol. The maximum atomic E-state index is 12.7. The molecule has 0 radical (unpaired) electrons. The van der Waals surface area contributed by atoms with Crippen LogP contribution in [0.2, 0.25) is 0 Å². The molecule has 0 unspecified atom stereocenters. The van der Waals surface area contributed by atoms with E-state index in [1.54, 1.807) is 16.4 Å². The Morgan fingerprint density at radius 2 is 1.95 bits per heavy atom. The minimum absolute atomic E-state index is 0.119. The van der Waals surface area contributed by atoms with Crippen LogP contribution in [0.3, 0.4) is 0 Å². The van der Waals surface area contributed by atoms with E-state index in [0.717, 1.165) is 11.3 Å². The molecule has 7 heteroatoms. The Bertz CT molecular complexity index is 599. The van der Waals surface area contributed by atoms with Gasteiger partial charge in [0.15, 0.2) is 0 Å². The number of nitrogens with one attached hydrogen (secondary N) is 1. The Balaban J connectivity index is 2.14. The van der Waals surface area contributed by atoms with Crippen LogP contribution >= 0.6 is 11.3 Å². The lowest BCUT2D eigenvalue weighted by molar-refractivity contribution is -0.119. The lowest BCUT2D eigenvalue weighted by Gasteiger charge is -2.33. The van der Waals surface area contributed by atoms with Gasteiger partial charge in [0.2, 0.25) is 5.91 Å². The van der Waals surface area contributed by atoms with Crippen LogP contribution in [0, 0.1) is 11.8 Å². The summed E-state index contributed by atoms with van der Waals surface area (Å²) >= 11 is 1.23. The van der Waals surface area contributed by atoms with Gasteiger partial charge in [-0.05, 0) is 30.4 Å². The second-order valence-corrected chi connectivity index (χ2v) is 9.23. The van der Waals surface area contributed by atoms with Crippen molar-refractivity contribution >= 4 is 27.3 Å². The molecule has 118 valence electrons. The van der Waals surface area contributed by atoms with Crippen molar-refractivity contribution in [3.8, 4) is 0 Å². The summed E-state index contributed by atoms with van der Waals surface area (Å²) in [4.78, 5) is 11.8. The van der Waals surface area contributed by atoms with Crippen LogP contribution in [-0.4, -0.2) is 31.7 Å². The predicted octanol–water partition coefficient (Wildman–Crippen LogP) is 2.05. The van der Waals surface area contributed by atoms with Gasteiger partial charge in [-0.25, -0.2) is 8.42 Å². The van der Waals surface area contributed by atoms with Crippen LogP contribution in [0.1, 0.15) is 32.1 Å².